The molecule has 0 radical (unpaired) electrons. The van der Waals surface area contributed by atoms with Crippen molar-refractivity contribution in [2.24, 2.45) is 5.92 Å². The first-order valence-corrected chi connectivity index (χ1v) is 6.62. The van der Waals surface area contributed by atoms with Gasteiger partial charge in [-0.3, -0.25) is 4.79 Å². The van der Waals surface area contributed by atoms with Gasteiger partial charge in [0.2, 0.25) is 5.91 Å². The molecule has 0 aromatic carbocycles. The van der Waals surface area contributed by atoms with E-state index in [1.165, 1.54) is 6.42 Å². The van der Waals surface area contributed by atoms with Crippen molar-refractivity contribution < 1.29 is 9.90 Å². The van der Waals surface area contributed by atoms with Crippen LogP contribution in [0.25, 0.3) is 0 Å². The largest absolute Gasteiger partial charge is 0.389 e. The molecule has 3 unspecified atom stereocenters. The number of nitrogens with zero attached hydrogens (tertiary/aromatic N) is 1. The smallest absolute Gasteiger partial charge is 0.240 e. The van der Waals surface area contributed by atoms with Gasteiger partial charge in [-0.2, -0.15) is 0 Å². The molecule has 16 heavy (non-hydrogen) atoms. The minimum absolute atomic E-state index is 0.00860. The van der Waals surface area contributed by atoms with E-state index in [1.54, 1.807) is 6.92 Å². The van der Waals surface area contributed by atoms with Crippen molar-refractivity contribution in [3.63, 3.8) is 0 Å². The van der Waals surface area contributed by atoms with Crippen LogP contribution in [-0.4, -0.2) is 40.0 Å². The number of alkyl halides is 1. The Hall–Kier alpha value is -0.280. The maximum Gasteiger partial charge on any atom is 0.240 e. The quantitative estimate of drug-likeness (QED) is 0.716. The zero-order valence-corrected chi connectivity index (χ0v) is 10.5. The molecule has 1 aliphatic heterocycles. The molecule has 0 aromatic heterocycles. The monoisotopic (exact) mass is 245 g/mol. The Morgan fingerprint density at radius 3 is 2.94 bits per heavy atom. The second-order valence-corrected chi connectivity index (χ2v) is 5.85. The third-order valence-electron chi connectivity index (χ3n) is 4.08. The first-order chi connectivity index (χ1) is 7.53. The van der Waals surface area contributed by atoms with Crippen LogP contribution in [0.1, 0.15) is 39.0 Å². The van der Waals surface area contributed by atoms with Gasteiger partial charge in [0.15, 0.2) is 0 Å². The van der Waals surface area contributed by atoms with Crippen molar-refractivity contribution in [2.75, 3.05) is 13.1 Å². The number of rotatable bonds is 1. The molecule has 2 rings (SSSR count). The summed E-state index contributed by atoms with van der Waals surface area (Å²) in [6, 6.07) is 0. The average Bonchev–Trinajstić information content (AvgIpc) is 2.26. The van der Waals surface area contributed by atoms with E-state index in [-0.39, 0.29) is 11.8 Å². The van der Waals surface area contributed by atoms with Crippen molar-refractivity contribution in [1.82, 2.24) is 4.90 Å². The number of piperidine rings is 1. The van der Waals surface area contributed by atoms with Crippen LogP contribution in [0.15, 0.2) is 0 Å². The Morgan fingerprint density at radius 2 is 2.25 bits per heavy atom. The molecular weight excluding hydrogens is 226 g/mol. The molecule has 1 N–H and O–H groups in total. The lowest BCUT2D eigenvalue weighted by Crippen LogP contribution is -2.55. The zero-order valence-electron chi connectivity index (χ0n) is 9.79. The number of aliphatic hydroxyl groups is 1. The predicted octanol–water partition coefficient (Wildman–Crippen LogP) is 1.77. The van der Waals surface area contributed by atoms with Gasteiger partial charge in [-0.05, 0) is 26.2 Å². The summed E-state index contributed by atoms with van der Waals surface area (Å²) in [7, 11) is 0. The molecule has 2 fully saturated rings. The van der Waals surface area contributed by atoms with Crippen LogP contribution >= 0.6 is 11.6 Å². The molecule has 1 heterocycles. The SMILES string of the molecule is CC(Cl)C(=O)N1CCC2(O)CCCCC2C1. The highest BCUT2D eigenvalue weighted by Gasteiger charge is 2.43. The fourth-order valence-electron chi connectivity index (χ4n) is 3.02. The Labute approximate surface area is 102 Å². The number of likely N-dealkylation sites (tertiary alicyclic amines) is 1. The molecule has 1 saturated carbocycles. The minimum Gasteiger partial charge on any atom is -0.389 e. The third-order valence-corrected chi connectivity index (χ3v) is 4.27. The second-order valence-electron chi connectivity index (χ2n) is 5.20. The topological polar surface area (TPSA) is 40.5 Å². The maximum absolute atomic E-state index is 11.8. The number of hydrogen-bond acceptors (Lipinski definition) is 2. The maximum atomic E-state index is 11.8. The summed E-state index contributed by atoms with van der Waals surface area (Å²) in [5.41, 5.74) is -0.509. The highest BCUT2D eigenvalue weighted by molar-refractivity contribution is 6.30. The lowest BCUT2D eigenvalue weighted by Gasteiger charge is -2.47. The summed E-state index contributed by atoms with van der Waals surface area (Å²) in [6.45, 7) is 3.06. The number of hydrogen-bond donors (Lipinski definition) is 1. The normalized spacial score (nSPS) is 36.7. The van der Waals surface area contributed by atoms with Crippen molar-refractivity contribution >= 4 is 17.5 Å². The van der Waals surface area contributed by atoms with E-state index in [4.69, 9.17) is 11.6 Å². The predicted molar refractivity (Wildman–Crippen MR) is 63.4 cm³/mol. The highest BCUT2D eigenvalue weighted by Crippen LogP contribution is 2.39. The average molecular weight is 246 g/mol. The molecule has 0 bridgehead atoms. The van der Waals surface area contributed by atoms with Gasteiger partial charge < -0.3 is 10.0 Å². The summed E-state index contributed by atoms with van der Waals surface area (Å²) < 4.78 is 0. The van der Waals surface area contributed by atoms with Gasteiger partial charge in [-0.1, -0.05) is 12.8 Å². The lowest BCUT2D eigenvalue weighted by molar-refractivity contribution is -0.142. The third kappa shape index (κ3) is 2.21. The van der Waals surface area contributed by atoms with E-state index < -0.39 is 11.0 Å². The summed E-state index contributed by atoms with van der Waals surface area (Å²) in [6.07, 6.45) is 4.94. The van der Waals surface area contributed by atoms with E-state index in [1.807, 2.05) is 4.90 Å². The Kier molecular flexibility index (Phi) is 3.45. The van der Waals surface area contributed by atoms with Crippen LogP contribution in [0.3, 0.4) is 0 Å². The molecule has 1 amide bonds. The number of amides is 1. The van der Waals surface area contributed by atoms with Crippen LogP contribution in [0.5, 0.6) is 0 Å². The Morgan fingerprint density at radius 1 is 1.50 bits per heavy atom. The van der Waals surface area contributed by atoms with Crippen LogP contribution in [0.2, 0.25) is 0 Å². The van der Waals surface area contributed by atoms with Crippen LogP contribution in [0, 0.1) is 5.92 Å². The molecule has 3 nitrogen and oxygen atoms in total. The molecule has 1 saturated heterocycles. The summed E-state index contributed by atoms with van der Waals surface area (Å²) in [4.78, 5) is 13.6. The van der Waals surface area contributed by atoms with E-state index >= 15 is 0 Å². The second kappa shape index (κ2) is 4.53. The van der Waals surface area contributed by atoms with Crippen LogP contribution < -0.4 is 0 Å². The summed E-state index contributed by atoms with van der Waals surface area (Å²) in [5, 5.41) is 10.0. The molecule has 3 atom stereocenters. The van der Waals surface area contributed by atoms with Gasteiger partial charge in [-0.25, -0.2) is 0 Å². The molecular formula is C12H20ClNO2. The van der Waals surface area contributed by atoms with Gasteiger partial charge >= 0.3 is 0 Å². The van der Waals surface area contributed by atoms with Gasteiger partial charge in [0, 0.05) is 19.0 Å². The number of halogens is 1. The Balaban J connectivity index is 2.02. The van der Waals surface area contributed by atoms with E-state index in [9.17, 15) is 9.90 Å². The number of carbonyl (C=O) groups is 1. The summed E-state index contributed by atoms with van der Waals surface area (Å²) in [5.74, 6) is 0.267. The van der Waals surface area contributed by atoms with E-state index in [2.05, 4.69) is 0 Å². The van der Waals surface area contributed by atoms with Crippen LogP contribution in [-0.2, 0) is 4.79 Å². The molecule has 2 aliphatic rings. The first kappa shape index (κ1) is 12.2. The standard InChI is InChI=1S/C12H20ClNO2/c1-9(13)11(15)14-7-6-12(16)5-3-2-4-10(12)8-14/h9-10,16H,2-8H2,1H3. The van der Waals surface area contributed by atoms with E-state index in [0.717, 1.165) is 19.3 Å². The Bertz CT molecular complexity index is 282. The van der Waals surface area contributed by atoms with Crippen LogP contribution in [0.4, 0.5) is 0 Å². The van der Waals surface area contributed by atoms with Crippen molar-refractivity contribution in [1.29, 1.82) is 0 Å². The van der Waals surface area contributed by atoms with Crippen molar-refractivity contribution in [3.05, 3.63) is 0 Å². The highest BCUT2D eigenvalue weighted by atomic mass is 35.5. The van der Waals surface area contributed by atoms with E-state index in [0.29, 0.717) is 19.5 Å². The molecule has 1 aliphatic carbocycles. The van der Waals surface area contributed by atoms with Crippen molar-refractivity contribution in [2.45, 2.75) is 50.0 Å². The number of carbonyl (C=O) groups excluding carboxylic acids is 1. The lowest BCUT2D eigenvalue weighted by atomic mass is 9.71. The molecule has 4 heteroatoms. The number of fused-ring (bicyclic) bond motifs is 1. The summed E-state index contributed by atoms with van der Waals surface area (Å²) >= 11 is 5.82. The van der Waals surface area contributed by atoms with Gasteiger partial charge in [0.1, 0.15) is 5.38 Å². The molecule has 0 aromatic rings. The molecule has 92 valence electrons. The minimum atomic E-state index is -0.509. The van der Waals surface area contributed by atoms with Gasteiger partial charge in [-0.15, -0.1) is 11.6 Å². The fraction of sp³-hybridized carbons (Fsp3) is 0.917. The van der Waals surface area contributed by atoms with Crippen molar-refractivity contribution in [3.8, 4) is 0 Å². The van der Waals surface area contributed by atoms with Gasteiger partial charge in [0.25, 0.3) is 0 Å². The first-order valence-electron chi connectivity index (χ1n) is 6.18. The molecule has 0 spiro atoms. The zero-order chi connectivity index (χ0) is 11.8. The fourth-order valence-corrected chi connectivity index (χ4v) is 3.16. The van der Waals surface area contributed by atoms with Gasteiger partial charge in [0.05, 0.1) is 5.60 Å².